The minimum atomic E-state index is 0.0562. The second kappa shape index (κ2) is 7.25. The summed E-state index contributed by atoms with van der Waals surface area (Å²) in [5, 5.41) is 13.0. The van der Waals surface area contributed by atoms with Gasteiger partial charge in [-0.15, -0.1) is 10.2 Å². The van der Waals surface area contributed by atoms with Gasteiger partial charge in [-0.25, -0.2) is 9.36 Å². The molecule has 1 amide bonds. The number of nitrogen functional groups attached to an aromatic ring is 1. The van der Waals surface area contributed by atoms with Crippen molar-refractivity contribution in [3.8, 4) is 5.95 Å². The molecule has 132 valence electrons. The summed E-state index contributed by atoms with van der Waals surface area (Å²) in [6.45, 7) is 11.9. The van der Waals surface area contributed by atoms with Crippen LogP contribution in [0.5, 0.6) is 0 Å². The topological polar surface area (TPSA) is 94.9 Å². The van der Waals surface area contributed by atoms with Crippen molar-refractivity contribution in [3.05, 3.63) is 17.5 Å². The fraction of sp³-hybridized carbons (Fsp3) is 0.600. The minimum absolute atomic E-state index is 0.0562. The zero-order valence-electron chi connectivity index (χ0n) is 15.0. The van der Waals surface area contributed by atoms with Crippen molar-refractivity contribution in [1.29, 1.82) is 0 Å². The van der Waals surface area contributed by atoms with Gasteiger partial charge in [0.2, 0.25) is 11.1 Å². The fourth-order valence-electron chi connectivity index (χ4n) is 2.72. The Morgan fingerprint density at radius 2 is 1.88 bits per heavy atom. The predicted octanol–water partition coefficient (Wildman–Crippen LogP) is 1.53. The van der Waals surface area contributed by atoms with Gasteiger partial charge in [0.05, 0.1) is 11.4 Å². The van der Waals surface area contributed by atoms with E-state index in [1.807, 2.05) is 52.5 Å². The van der Waals surface area contributed by atoms with Gasteiger partial charge in [-0.3, -0.25) is 4.79 Å². The lowest BCUT2D eigenvalue weighted by Crippen LogP contribution is -2.43. The summed E-state index contributed by atoms with van der Waals surface area (Å²) in [7, 11) is 0. The second-order valence-corrected chi connectivity index (χ2v) is 7.21. The molecule has 2 N–H and O–H groups in total. The third-order valence-corrected chi connectivity index (χ3v) is 4.50. The molecule has 0 aliphatic rings. The van der Waals surface area contributed by atoms with Crippen molar-refractivity contribution >= 4 is 17.7 Å². The van der Waals surface area contributed by atoms with Crippen LogP contribution in [0.25, 0.3) is 5.95 Å². The zero-order valence-corrected chi connectivity index (χ0v) is 15.8. The summed E-state index contributed by atoms with van der Waals surface area (Å²) >= 11 is 1.28. The molecule has 0 spiro atoms. The molecule has 24 heavy (non-hydrogen) atoms. The first-order valence-corrected chi connectivity index (χ1v) is 8.89. The van der Waals surface area contributed by atoms with Crippen LogP contribution in [-0.4, -0.2) is 53.3 Å². The van der Waals surface area contributed by atoms with Crippen LogP contribution < -0.4 is 5.84 Å². The van der Waals surface area contributed by atoms with E-state index in [0.29, 0.717) is 11.1 Å². The molecule has 0 radical (unpaired) electrons. The van der Waals surface area contributed by atoms with Gasteiger partial charge in [-0.1, -0.05) is 11.8 Å². The number of hydrogen-bond acceptors (Lipinski definition) is 6. The number of rotatable bonds is 6. The molecular formula is C15H25N7OS. The van der Waals surface area contributed by atoms with Crippen LogP contribution in [0.2, 0.25) is 0 Å². The Kier molecular flexibility index (Phi) is 5.53. The SMILES string of the molecule is Cc1cc(C)n(-c2nnc(SCC(=O)N(C(C)C)C(C)C)n2N)n1. The molecule has 2 heterocycles. The summed E-state index contributed by atoms with van der Waals surface area (Å²) in [4.78, 5) is 14.3. The highest BCUT2D eigenvalue weighted by Crippen LogP contribution is 2.19. The average Bonchev–Trinajstić information content (AvgIpc) is 2.98. The van der Waals surface area contributed by atoms with Crippen molar-refractivity contribution < 1.29 is 4.79 Å². The molecule has 2 aromatic rings. The quantitative estimate of drug-likeness (QED) is 0.626. The van der Waals surface area contributed by atoms with Crippen LogP contribution in [0, 0.1) is 13.8 Å². The maximum absolute atomic E-state index is 12.4. The molecule has 0 atom stereocenters. The fourth-order valence-corrected chi connectivity index (χ4v) is 3.44. The van der Waals surface area contributed by atoms with Crippen LogP contribution in [0.4, 0.5) is 0 Å². The molecule has 2 rings (SSSR count). The number of carbonyl (C=O) groups excluding carboxylic acids is 1. The van der Waals surface area contributed by atoms with E-state index in [9.17, 15) is 4.79 Å². The third-order valence-electron chi connectivity index (χ3n) is 3.57. The Morgan fingerprint density at radius 3 is 2.38 bits per heavy atom. The number of nitrogens with two attached hydrogens (primary N) is 1. The number of hydrogen-bond donors (Lipinski definition) is 1. The van der Waals surface area contributed by atoms with Crippen molar-refractivity contribution in [3.63, 3.8) is 0 Å². The van der Waals surface area contributed by atoms with Gasteiger partial charge >= 0.3 is 0 Å². The number of thioether (sulfide) groups is 1. The molecule has 0 aromatic carbocycles. The Bertz CT molecular complexity index is 711. The van der Waals surface area contributed by atoms with E-state index in [-0.39, 0.29) is 23.7 Å². The molecule has 0 unspecified atom stereocenters. The lowest BCUT2D eigenvalue weighted by molar-refractivity contribution is -0.131. The van der Waals surface area contributed by atoms with E-state index in [1.165, 1.54) is 16.4 Å². The second-order valence-electron chi connectivity index (χ2n) is 6.27. The van der Waals surface area contributed by atoms with Gasteiger partial charge in [0.25, 0.3) is 5.95 Å². The van der Waals surface area contributed by atoms with Crippen LogP contribution >= 0.6 is 11.8 Å². The number of carbonyl (C=O) groups is 1. The maximum atomic E-state index is 12.4. The third kappa shape index (κ3) is 3.72. The largest absolute Gasteiger partial charge is 0.337 e. The molecule has 8 nitrogen and oxygen atoms in total. The van der Waals surface area contributed by atoms with Gasteiger partial charge in [0.1, 0.15) is 0 Å². The first-order valence-electron chi connectivity index (χ1n) is 7.90. The van der Waals surface area contributed by atoms with E-state index in [0.717, 1.165) is 11.4 Å². The van der Waals surface area contributed by atoms with Gasteiger partial charge in [-0.05, 0) is 47.6 Å². The Balaban J connectivity index is 2.12. The first kappa shape index (κ1) is 18.3. The van der Waals surface area contributed by atoms with Gasteiger partial charge in [0.15, 0.2) is 0 Å². The standard InChI is InChI=1S/C15H25N7OS/c1-9(2)20(10(3)4)13(23)8-24-15-18-17-14(21(15)16)22-12(6)7-11(5)19-22/h7,9-10H,8,16H2,1-6H3. The Labute approximate surface area is 146 Å². The summed E-state index contributed by atoms with van der Waals surface area (Å²) < 4.78 is 3.01. The highest BCUT2D eigenvalue weighted by Gasteiger charge is 2.22. The summed E-state index contributed by atoms with van der Waals surface area (Å²) in [6.07, 6.45) is 0. The van der Waals surface area contributed by atoms with E-state index in [2.05, 4.69) is 15.3 Å². The van der Waals surface area contributed by atoms with E-state index in [1.54, 1.807) is 4.68 Å². The lowest BCUT2D eigenvalue weighted by atomic mass is 10.2. The van der Waals surface area contributed by atoms with Crippen molar-refractivity contribution in [2.24, 2.45) is 0 Å². The molecule has 2 aromatic heterocycles. The summed E-state index contributed by atoms with van der Waals surface area (Å²) in [5.74, 6) is 6.83. The smallest absolute Gasteiger partial charge is 0.271 e. The van der Waals surface area contributed by atoms with Crippen LogP contribution in [0.3, 0.4) is 0 Å². The van der Waals surface area contributed by atoms with E-state index >= 15 is 0 Å². The molecular weight excluding hydrogens is 326 g/mol. The van der Waals surface area contributed by atoms with Crippen LogP contribution in [0.1, 0.15) is 39.1 Å². The highest BCUT2D eigenvalue weighted by molar-refractivity contribution is 7.99. The number of aromatic nitrogens is 5. The number of aryl methyl sites for hydroxylation is 2. The van der Waals surface area contributed by atoms with Gasteiger partial charge in [-0.2, -0.15) is 5.10 Å². The highest BCUT2D eigenvalue weighted by atomic mass is 32.2. The summed E-state index contributed by atoms with van der Waals surface area (Å²) in [6, 6.07) is 2.24. The molecule has 0 saturated heterocycles. The van der Waals surface area contributed by atoms with Crippen LogP contribution in [-0.2, 0) is 4.79 Å². The molecule has 0 aliphatic heterocycles. The van der Waals surface area contributed by atoms with Gasteiger partial charge < -0.3 is 10.7 Å². The monoisotopic (exact) mass is 351 g/mol. The van der Waals surface area contributed by atoms with Crippen LogP contribution in [0.15, 0.2) is 11.2 Å². The van der Waals surface area contributed by atoms with E-state index < -0.39 is 0 Å². The predicted molar refractivity (Wildman–Crippen MR) is 94.6 cm³/mol. The normalized spacial score (nSPS) is 11.5. The van der Waals surface area contributed by atoms with Gasteiger partial charge in [0, 0.05) is 17.8 Å². The molecule has 0 aliphatic carbocycles. The zero-order chi connectivity index (χ0) is 18.0. The van der Waals surface area contributed by atoms with E-state index in [4.69, 9.17) is 5.84 Å². The molecule has 9 heteroatoms. The molecule has 0 fully saturated rings. The number of amides is 1. The lowest BCUT2D eigenvalue weighted by Gasteiger charge is -2.30. The number of nitrogens with zero attached hydrogens (tertiary/aromatic N) is 6. The average molecular weight is 351 g/mol. The Morgan fingerprint density at radius 1 is 1.25 bits per heavy atom. The summed E-state index contributed by atoms with van der Waals surface area (Å²) in [5.41, 5.74) is 1.80. The minimum Gasteiger partial charge on any atom is -0.337 e. The molecule has 0 bridgehead atoms. The first-order chi connectivity index (χ1) is 11.2. The molecule has 0 saturated carbocycles. The Hall–Kier alpha value is -2.03. The maximum Gasteiger partial charge on any atom is 0.271 e. The van der Waals surface area contributed by atoms with Crippen molar-refractivity contribution in [2.45, 2.75) is 58.8 Å². The van der Waals surface area contributed by atoms with Crippen molar-refractivity contribution in [1.82, 2.24) is 29.6 Å². The van der Waals surface area contributed by atoms with Crippen molar-refractivity contribution in [2.75, 3.05) is 11.6 Å².